The molecule has 1 aliphatic heterocycles. The van der Waals surface area contributed by atoms with Crippen LogP contribution in [0.1, 0.15) is 22.1 Å². The smallest absolute Gasteiger partial charge is 0.340 e. The van der Waals surface area contributed by atoms with Crippen molar-refractivity contribution in [2.24, 2.45) is 0 Å². The lowest BCUT2D eigenvalue weighted by molar-refractivity contribution is 0.0436. The van der Waals surface area contributed by atoms with Crippen molar-refractivity contribution in [1.29, 1.82) is 0 Å². The maximum atomic E-state index is 11.7. The number of aromatic hydroxyl groups is 1. The lowest BCUT2D eigenvalue weighted by Gasteiger charge is -2.15. The number of phenols is 1. The van der Waals surface area contributed by atoms with Crippen molar-refractivity contribution in [1.82, 2.24) is 0 Å². The van der Waals surface area contributed by atoms with Gasteiger partial charge in [-0.25, -0.2) is 4.79 Å². The van der Waals surface area contributed by atoms with E-state index < -0.39 is 6.23 Å². The van der Waals surface area contributed by atoms with E-state index in [0.717, 1.165) is 5.56 Å². The van der Waals surface area contributed by atoms with Gasteiger partial charge in [-0.1, -0.05) is 29.8 Å². The Balaban J connectivity index is 1.93. The van der Waals surface area contributed by atoms with Crippen LogP contribution in [0.5, 0.6) is 5.75 Å². The summed E-state index contributed by atoms with van der Waals surface area (Å²) in [4.78, 5) is 11.7. The van der Waals surface area contributed by atoms with Gasteiger partial charge in [0.1, 0.15) is 5.75 Å². The van der Waals surface area contributed by atoms with Gasteiger partial charge in [-0.15, -0.1) is 0 Å². The Hall–Kier alpha value is -2.20. The molecule has 0 aromatic heterocycles. The minimum atomic E-state index is -0.618. The molecule has 0 unspecified atom stereocenters. The molecule has 0 spiro atoms. The van der Waals surface area contributed by atoms with Crippen LogP contribution >= 0.6 is 11.6 Å². The summed E-state index contributed by atoms with van der Waals surface area (Å²) in [5.74, 6) is -0.334. The number of cyclic esters (lactones) is 1. The molecular formula is C14H10ClNO3. The lowest BCUT2D eigenvalue weighted by Crippen LogP contribution is -2.10. The average molecular weight is 276 g/mol. The maximum Gasteiger partial charge on any atom is 0.340 e. The van der Waals surface area contributed by atoms with Crippen molar-refractivity contribution in [2.75, 3.05) is 5.32 Å². The Morgan fingerprint density at radius 1 is 1.21 bits per heavy atom. The fraction of sp³-hybridized carbons (Fsp3) is 0.0714. The van der Waals surface area contributed by atoms with E-state index in [1.807, 2.05) is 6.07 Å². The summed E-state index contributed by atoms with van der Waals surface area (Å²) in [5, 5.41) is 13.2. The van der Waals surface area contributed by atoms with Crippen LogP contribution in [-0.2, 0) is 4.74 Å². The van der Waals surface area contributed by atoms with E-state index in [2.05, 4.69) is 5.32 Å². The molecule has 0 saturated carbocycles. The summed E-state index contributed by atoms with van der Waals surface area (Å²) >= 11 is 5.87. The van der Waals surface area contributed by atoms with Crippen LogP contribution in [0.2, 0.25) is 5.02 Å². The number of hydrogen-bond donors (Lipinski definition) is 2. The molecule has 0 aliphatic carbocycles. The Morgan fingerprint density at radius 2 is 2.00 bits per heavy atom. The third kappa shape index (κ3) is 2.11. The molecule has 96 valence electrons. The summed E-state index contributed by atoms with van der Waals surface area (Å²) in [5.41, 5.74) is 1.69. The summed E-state index contributed by atoms with van der Waals surface area (Å²) in [6.07, 6.45) is -0.618. The van der Waals surface area contributed by atoms with Gasteiger partial charge >= 0.3 is 5.97 Å². The normalized spacial score (nSPS) is 16.9. The van der Waals surface area contributed by atoms with E-state index in [4.69, 9.17) is 16.3 Å². The first kappa shape index (κ1) is 11.9. The van der Waals surface area contributed by atoms with E-state index in [-0.39, 0.29) is 11.7 Å². The fourth-order valence-corrected chi connectivity index (χ4v) is 2.19. The van der Waals surface area contributed by atoms with E-state index >= 15 is 0 Å². The Labute approximate surface area is 114 Å². The molecule has 3 rings (SSSR count). The van der Waals surface area contributed by atoms with E-state index in [1.165, 1.54) is 6.07 Å². The number of carbonyl (C=O) groups excluding carboxylic acids is 1. The van der Waals surface area contributed by atoms with Crippen molar-refractivity contribution in [2.45, 2.75) is 6.23 Å². The number of nitrogens with one attached hydrogen (secondary N) is 1. The summed E-state index contributed by atoms with van der Waals surface area (Å²) in [6.45, 7) is 0. The minimum Gasteiger partial charge on any atom is -0.506 e. The second kappa shape index (κ2) is 4.48. The number of fused-ring (bicyclic) bond motifs is 1. The lowest BCUT2D eigenvalue weighted by atomic mass is 10.1. The first-order valence-electron chi connectivity index (χ1n) is 5.70. The molecule has 1 heterocycles. The van der Waals surface area contributed by atoms with Crippen molar-refractivity contribution < 1.29 is 14.6 Å². The van der Waals surface area contributed by atoms with Crippen molar-refractivity contribution in [3.8, 4) is 5.75 Å². The van der Waals surface area contributed by atoms with E-state index in [1.54, 1.807) is 30.3 Å². The van der Waals surface area contributed by atoms with Gasteiger partial charge in [-0.05, 0) is 24.3 Å². The van der Waals surface area contributed by atoms with Gasteiger partial charge in [0.15, 0.2) is 0 Å². The van der Waals surface area contributed by atoms with Crippen LogP contribution in [0.15, 0.2) is 42.5 Å². The molecule has 1 aliphatic rings. The molecule has 0 fully saturated rings. The maximum absolute atomic E-state index is 11.7. The zero-order valence-electron chi connectivity index (χ0n) is 9.76. The van der Waals surface area contributed by atoms with Crippen LogP contribution in [0.4, 0.5) is 5.69 Å². The molecule has 4 nitrogen and oxygen atoms in total. The first-order chi connectivity index (χ1) is 9.15. The predicted octanol–water partition coefficient (Wildman–Crippen LogP) is 3.33. The first-order valence-corrected chi connectivity index (χ1v) is 6.08. The highest BCUT2D eigenvalue weighted by Gasteiger charge is 2.30. The van der Waals surface area contributed by atoms with E-state index in [0.29, 0.717) is 16.3 Å². The monoisotopic (exact) mass is 275 g/mol. The molecule has 1 atom stereocenters. The standard InChI is InChI=1S/C14H10ClNO3/c15-8-5-6-12(17)11(7-8)16-13-9-3-1-2-4-10(9)14(18)19-13/h1-7,13,16-17H/t13-/m0/s1. The molecule has 0 saturated heterocycles. The number of benzene rings is 2. The van der Waals surface area contributed by atoms with Crippen molar-refractivity contribution >= 4 is 23.3 Å². The van der Waals surface area contributed by atoms with Crippen LogP contribution < -0.4 is 5.32 Å². The number of halogens is 1. The minimum absolute atomic E-state index is 0.0461. The molecule has 0 radical (unpaired) electrons. The summed E-state index contributed by atoms with van der Waals surface area (Å²) in [6, 6.07) is 11.7. The molecule has 5 heteroatoms. The largest absolute Gasteiger partial charge is 0.506 e. The van der Waals surface area contributed by atoms with Gasteiger partial charge in [0.05, 0.1) is 11.3 Å². The average Bonchev–Trinajstić information content (AvgIpc) is 2.72. The van der Waals surface area contributed by atoms with Crippen molar-refractivity contribution in [3.63, 3.8) is 0 Å². The van der Waals surface area contributed by atoms with Gasteiger partial charge in [0, 0.05) is 10.6 Å². The SMILES string of the molecule is O=C1O[C@H](Nc2cc(Cl)ccc2O)c2ccccc21. The number of hydrogen-bond acceptors (Lipinski definition) is 4. The summed E-state index contributed by atoms with van der Waals surface area (Å²) in [7, 11) is 0. The molecule has 2 N–H and O–H groups in total. The Bertz CT molecular complexity index is 657. The second-order valence-corrected chi connectivity index (χ2v) is 4.61. The highest BCUT2D eigenvalue weighted by Crippen LogP contribution is 2.35. The summed E-state index contributed by atoms with van der Waals surface area (Å²) < 4.78 is 5.23. The number of ether oxygens (including phenoxy) is 1. The van der Waals surface area contributed by atoms with Crippen LogP contribution in [0.3, 0.4) is 0 Å². The molecule has 2 aromatic carbocycles. The Morgan fingerprint density at radius 3 is 2.84 bits per heavy atom. The molecule has 0 amide bonds. The van der Waals surface area contributed by atoms with Gasteiger partial charge < -0.3 is 15.2 Å². The molecule has 19 heavy (non-hydrogen) atoms. The van der Waals surface area contributed by atoms with Gasteiger partial charge in [-0.2, -0.15) is 0 Å². The Kier molecular flexibility index (Phi) is 2.80. The quantitative estimate of drug-likeness (QED) is 0.652. The fourth-order valence-electron chi connectivity index (χ4n) is 2.02. The molecule has 0 bridgehead atoms. The highest BCUT2D eigenvalue weighted by molar-refractivity contribution is 6.30. The van der Waals surface area contributed by atoms with Crippen molar-refractivity contribution in [3.05, 3.63) is 58.6 Å². The zero-order chi connectivity index (χ0) is 13.4. The zero-order valence-corrected chi connectivity index (χ0v) is 10.5. The second-order valence-electron chi connectivity index (χ2n) is 4.18. The van der Waals surface area contributed by atoms with Crippen LogP contribution in [0.25, 0.3) is 0 Å². The molecular weight excluding hydrogens is 266 g/mol. The number of carbonyl (C=O) groups is 1. The van der Waals surface area contributed by atoms with Crippen LogP contribution in [0, 0.1) is 0 Å². The predicted molar refractivity (Wildman–Crippen MR) is 71.3 cm³/mol. The third-order valence-corrected chi connectivity index (χ3v) is 3.17. The number of esters is 1. The van der Waals surface area contributed by atoms with Crippen LogP contribution in [-0.4, -0.2) is 11.1 Å². The number of phenolic OH excluding ortho intramolecular Hbond substituents is 1. The number of anilines is 1. The van der Waals surface area contributed by atoms with Gasteiger partial charge in [-0.3, -0.25) is 0 Å². The van der Waals surface area contributed by atoms with E-state index in [9.17, 15) is 9.90 Å². The molecule has 2 aromatic rings. The number of rotatable bonds is 2. The van der Waals surface area contributed by atoms with Gasteiger partial charge in [0.25, 0.3) is 0 Å². The van der Waals surface area contributed by atoms with Gasteiger partial charge in [0.2, 0.25) is 6.23 Å². The third-order valence-electron chi connectivity index (χ3n) is 2.93. The topological polar surface area (TPSA) is 58.6 Å². The highest BCUT2D eigenvalue weighted by atomic mass is 35.5.